The average molecular weight is 323 g/mol. The van der Waals surface area contributed by atoms with Gasteiger partial charge in [-0.1, -0.05) is 17.3 Å². The van der Waals surface area contributed by atoms with Crippen LogP contribution in [0.3, 0.4) is 0 Å². The summed E-state index contributed by atoms with van der Waals surface area (Å²) in [6, 6.07) is 12.5. The molecule has 1 aliphatic heterocycles. The monoisotopic (exact) mass is 323 g/mol. The van der Waals surface area contributed by atoms with Gasteiger partial charge in [0.2, 0.25) is 5.91 Å². The van der Waals surface area contributed by atoms with E-state index in [1.54, 1.807) is 24.3 Å². The van der Waals surface area contributed by atoms with E-state index in [0.29, 0.717) is 28.4 Å². The van der Waals surface area contributed by atoms with Gasteiger partial charge >= 0.3 is 0 Å². The van der Waals surface area contributed by atoms with Crippen LogP contribution in [0.4, 0.5) is 11.4 Å². The summed E-state index contributed by atoms with van der Waals surface area (Å²) in [4.78, 5) is 23.6. The van der Waals surface area contributed by atoms with E-state index >= 15 is 0 Å². The number of hydrogen-bond acceptors (Lipinski definition) is 5. The van der Waals surface area contributed by atoms with Gasteiger partial charge in [0.25, 0.3) is 5.91 Å². The topological polar surface area (TPSA) is 93.5 Å². The van der Waals surface area contributed by atoms with Gasteiger partial charge in [0.15, 0.2) is 12.2 Å². The summed E-state index contributed by atoms with van der Waals surface area (Å²) in [5.41, 5.74) is 2.33. The number of carbonyl (C=O) groups is 2. The maximum absolute atomic E-state index is 12.2. The average Bonchev–Trinajstić information content (AvgIpc) is 2.97. The highest BCUT2D eigenvalue weighted by Gasteiger charge is 2.17. The molecule has 7 nitrogen and oxygen atoms in total. The van der Waals surface area contributed by atoms with Gasteiger partial charge in [-0.2, -0.15) is 0 Å². The molecular weight excluding hydrogens is 310 g/mol. The lowest BCUT2D eigenvalue weighted by atomic mass is 10.1. The Morgan fingerprint density at radius 3 is 3.04 bits per heavy atom. The molecule has 0 spiro atoms. The Bertz CT molecular complexity index is 948. The minimum Gasteiger partial charge on any atom is -0.482 e. The number of para-hydroxylation sites is 1. The maximum Gasteiger partial charge on any atom is 0.262 e. The zero-order chi connectivity index (χ0) is 16.5. The van der Waals surface area contributed by atoms with Crippen molar-refractivity contribution in [3.63, 3.8) is 0 Å². The van der Waals surface area contributed by atoms with E-state index in [-0.39, 0.29) is 24.8 Å². The third-order valence-corrected chi connectivity index (χ3v) is 3.68. The van der Waals surface area contributed by atoms with Gasteiger partial charge in [-0.15, -0.1) is 0 Å². The van der Waals surface area contributed by atoms with Crippen molar-refractivity contribution in [1.82, 2.24) is 5.16 Å². The number of aromatic nitrogens is 1. The predicted octanol–water partition coefficient (Wildman–Crippen LogP) is 2.34. The Hall–Kier alpha value is -3.35. The van der Waals surface area contributed by atoms with Crippen molar-refractivity contribution in [3.05, 3.63) is 48.2 Å². The Labute approximate surface area is 136 Å². The quantitative estimate of drug-likeness (QED) is 0.771. The van der Waals surface area contributed by atoms with Crippen molar-refractivity contribution in [2.45, 2.75) is 6.42 Å². The molecule has 2 aromatic carbocycles. The second kappa shape index (κ2) is 5.69. The molecule has 0 bridgehead atoms. The van der Waals surface area contributed by atoms with Crippen LogP contribution in [-0.2, 0) is 16.0 Å². The third kappa shape index (κ3) is 2.67. The Balaban J connectivity index is 1.50. The van der Waals surface area contributed by atoms with E-state index in [2.05, 4.69) is 15.8 Å². The number of anilines is 2. The van der Waals surface area contributed by atoms with Gasteiger partial charge in [0.05, 0.1) is 12.1 Å². The molecule has 0 fully saturated rings. The molecule has 1 aliphatic rings. The zero-order valence-electron chi connectivity index (χ0n) is 12.5. The van der Waals surface area contributed by atoms with Gasteiger partial charge in [-0.25, -0.2) is 0 Å². The number of nitrogens with one attached hydrogen (secondary N) is 2. The fourth-order valence-corrected chi connectivity index (χ4v) is 2.58. The SMILES string of the molecule is O=C(Cc1noc2ccccc12)Nc1ccc2c(c1)NC(=O)CO2. The summed E-state index contributed by atoms with van der Waals surface area (Å²) in [6.07, 6.45) is 0.0942. The molecule has 0 saturated heterocycles. The van der Waals surface area contributed by atoms with Crippen molar-refractivity contribution in [1.29, 1.82) is 0 Å². The molecule has 120 valence electrons. The van der Waals surface area contributed by atoms with E-state index in [4.69, 9.17) is 9.26 Å². The van der Waals surface area contributed by atoms with Crippen molar-refractivity contribution >= 4 is 34.2 Å². The highest BCUT2D eigenvalue weighted by atomic mass is 16.5. The molecule has 0 unspecified atom stereocenters. The molecule has 7 heteroatoms. The molecule has 24 heavy (non-hydrogen) atoms. The summed E-state index contributed by atoms with van der Waals surface area (Å²) in [5.74, 6) is 0.132. The molecule has 0 saturated carbocycles. The molecule has 0 atom stereocenters. The number of amides is 2. The predicted molar refractivity (Wildman–Crippen MR) is 86.9 cm³/mol. The van der Waals surface area contributed by atoms with Crippen LogP contribution < -0.4 is 15.4 Å². The van der Waals surface area contributed by atoms with Gasteiger partial charge < -0.3 is 19.9 Å². The summed E-state index contributed by atoms with van der Waals surface area (Å²) in [5, 5.41) is 10.2. The lowest BCUT2D eigenvalue weighted by Crippen LogP contribution is -2.25. The largest absolute Gasteiger partial charge is 0.482 e. The summed E-state index contributed by atoms with van der Waals surface area (Å²) >= 11 is 0. The van der Waals surface area contributed by atoms with Crippen molar-refractivity contribution in [3.8, 4) is 5.75 Å². The number of carbonyl (C=O) groups excluding carboxylic acids is 2. The first-order chi connectivity index (χ1) is 11.7. The highest BCUT2D eigenvalue weighted by Crippen LogP contribution is 2.30. The Kier molecular flexibility index (Phi) is 3.38. The Morgan fingerprint density at radius 2 is 2.12 bits per heavy atom. The van der Waals surface area contributed by atoms with Crippen molar-refractivity contribution in [2.24, 2.45) is 0 Å². The summed E-state index contributed by atoms with van der Waals surface area (Å²) in [7, 11) is 0. The lowest BCUT2D eigenvalue weighted by molar-refractivity contribution is -0.118. The van der Waals surface area contributed by atoms with Crippen LogP contribution in [0.25, 0.3) is 11.0 Å². The van der Waals surface area contributed by atoms with E-state index in [9.17, 15) is 9.59 Å². The van der Waals surface area contributed by atoms with Gasteiger partial charge in [-0.3, -0.25) is 9.59 Å². The van der Waals surface area contributed by atoms with Crippen molar-refractivity contribution < 1.29 is 18.8 Å². The number of ether oxygens (including phenoxy) is 1. The van der Waals surface area contributed by atoms with E-state index in [1.807, 2.05) is 18.2 Å². The molecule has 2 amide bonds. The van der Waals surface area contributed by atoms with E-state index in [1.165, 1.54) is 0 Å². The second-order valence-corrected chi connectivity index (χ2v) is 5.40. The number of benzene rings is 2. The fraction of sp³-hybridized carbons (Fsp3) is 0.118. The van der Waals surface area contributed by atoms with Gasteiger partial charge in [0, 0.05) is 11.1 Å². The molecule has 2 heterocycles. The van der Waals surface area contributed by atoms with Crippen LogP contribution in [0.1, 0.15) is 5.69 Å². The zero-order valence-corrected chi connectivity index (χ0v) is 12.5. The maximum atomic E-state index is 12.2. The van der Waals surface area contributed by atoms with Crippen LogP contribution in [0.2, 0.25) is 0 Å². The van der Waals surface area contributed by atoms with Gasteiger partial charge in [-0.05, 0) is 30.3 Å². The lowest BCUT2D eigenvalue weighted by Gasteiger charge is -2.18. The number of hydrogen-bond donors (Lipinski definition) is 2. The summed E-state index contributed by atoms with van der Waals surface area (Å²) in [6.45, 7) is -0.00204. The first kappa shape index (κ1) is 14.3. The second-order valence-electron chi connectivity index (χ2n) is 5.40. The molecule has 0 radical (unpaired) electrons. The van der Waals surface area contributed by atoms with Crippen LogP contribution in [0.5, 0.6) is 5.75 Å². The van der Waals surface area contributed by atoms with Crippen LogP contribution >= 0.6 is 0 Å². The number of nitrogens with zero attached hydrogens (tertiary/aromatic N) is 1. The van der Waals surface area contributed by atoms with E-state index < -0.39 is 0 Å². The number of rotatable bonds is 3. The molecule has 3 aromatic rings. The summed E-state index contributed by atoms with van der Waals surface area (Å²) < 4.78 is 10.5. The molecule has 0 aliphatic carbocycles. The molecular formula is C17H13N3O4. The molecule has 1 aromatic heterocycles. The first-order valence-corrected chi connectivity index (χ1v) is 7.39. The minimum absolute atomic E-state index is 0.00204. The first-order valence-electron chi connectivity index (χ1n) is 7.39. The normalized spacial score (nSPS) is 13.1. The van der Waals surface area contributed by atoms with Crippen LogP contribution in [0, 0.1) is 0 Å². The minimum atomic E-state index is -0.225. The number of fused-ring (bicyclic) bond motifs is 2. The standard InChI is InChI=1S/C17H13N3O4/c21-16(8-12-11-3-1-2-4-14(11)24-20-12)18-10-5-6-15-13(7-10)19-17(22)9-23-15/h1-7H,8-9H2,(H,18,21)(H,19,22). The van der Waals surface area contributed by atoms with E-state index in [0.717, 1.165) is 5.39 Å². The molecule has 4 rings (SSSR count). The fourth-order valence-electron chi connectivity index (χ4n) is 2.58. The van der Waals surface area contributed by atoms with Crippen LogP contribution in [-0.4, -0.2) is 23.6 Å². The van der Waals surface area contributed by atoms with Gasteiger partial charge in [0.1, 0.15) is 11.4 Å². The molecule has 2 N–H and O–H groups in total. The Morgan fingerprint density at radius 1 is 1.25 bits per heavy atom. The highest BCUT2D eigenvalue weighted by molar-refractivity contribution is 5.98. The third-order valence-electron chi connectivity index (χ3n) is 3.68. The smallest absolute Gasteiger partial charge is 0.262 e. The van der Waals surface area contributed by atoms with Crippen LogP contribution in [0.15, 0.2) is 47.0 Å². The van der Waals surface area contributed by atoms with Crippen molar-refractivity contribution in [2.75, 3.05) is 17.2 Å².